The third-order valence-corrected chi connectivity index (χ3v) is 5.71. The Bertz CT molecular complexity index is 1310. The normalized spacial score (nSPS) is 16.7. The van der Waals surface area contributed by atoms with Crippen LogP contribution < -0.4 is 5.69 Å². The molecule has 0 saturated carbocycles. The molecule has 8 nitrogen and oxygen atoms in total. The highest BCUT2D eigenvalue weighted by Gasteiger charge is 2.29. The van der Waals surface area contributed by atoms with E-state index in [1.54, 1.807) is 21.4 Å². The number of nitrogens with zero attached hydrogens (tertiary/aromatic N) is 5. The zero-order valence-electron chi connectivity index (χ0n) is 16.8. The third kappa shape index (κ3) is 3.51. The smallest absolute Gasteiger partial charge is 0.335 e. The van der Waals surface area contributed by atoms with E-state index in [9.17, 15) is 14.7 Å². The number of hydrogen-bond acceptors (Lipinski definition) is 5. The maximum Gasteiger partial charge on any atom is 0.335 e. The molecular formula is C23H21N5O3. The van der Waals surface area contributed by atoms with Gasteiger partial charge in [0.2, 0.25) is 0 Å². The molecule has 1 aliphatic rings. The minimum atomic E-state index is -0.964. The van der Waals surface area contributed by atoms with Gasteiger partial charge in [0.05, 0.1) is 28.5 Å². The van der Waals surface area contributed by atoms with Gasteiger partial charge in [-0.3, -0.25) is 19.0 Å². The molecule has 0 bridgehead atoms. The van der Waals surface area contributed by atoms with Gasteiger partial charge in [-0.25, -0.2) is 14.6 Å². The summed E-state index contributed by atoms with van der Waals surface area (Å²) in [4.78, 5) is 35.7. The molecule has 1 fully saturated rings. The molecule has 0 radical (unpaired) electrons. The second kappa shape index (κ2) is 7.81. The topological polar surface area (TPSA) is 93.3 Å². The molecule has 0 amide bonds. The molecule has 0 spiro atoms. The SMILES string of the molecule is O=C(O)c1ccnc(CN2CC[C@H](n3c(=O)n(-c4ccccc4)c4cccnc43)C2)c1. The summed E-state index contributed by atoms with van der Waals surface area (Å²) in [7, 11) is 0. The number of pyridine rings is 2. The van der Waals surface area contributed by atoms with Crippen LogP contribution in [0.1, 0.15) is 28.5 Å². The molecule has 8 heteroatoms. The monoisotopic (exact) mass is 415 g/mol. The fourth-order valence-electron chi connectivity index (χ4n) is 4.30. The third-order valence-electron chi connectivity index (χ3n) is 5.71. The van der Waals surface area contributed by atoms with E-state index in [4.69, 9.17) is 0 Å². The number of carboxylic acid groups (broad SMARTS) is 1. The molecule has 5 rings (SSSR count). The van der Waals surface area contributed by atoms with Crippen molar-refractivity contribution in [1.82, 2.24) is 24.0 Å². The lowest BCUT2D eigenvalue weighted by molar-refractivity contribution is 0.0696. The summed E-state index contributed by atoms with van der Waals surface area (Å²) in [6.45, 7) is 2.00. The Morgan fingerprint density at radius 2 is 1.90 bits per heavy atom. The van der Waals surface area contributed by atoms with Gasteiger partial charge in [-0.1, -0.05) is 18.2 Å². The van der Waals surface area contributed by atoms with Crippen LogP contribution in [-0.4, -0.2) is 48.2 Å². The summed E-state index contributed by atoms with van der Waals surface area (Å²) >= 11 is 0. The van der Waals surface area contributed by atoms with Gasteiger partial charge in [-0.05, 0) is 42.8 Å². The van der Waals surface area contributed by atoms with E-state index >= 15 is 0 Å². The summed E-state index contributed by atoms with van der Waals surface area (Å²) in [5.74, 6) is -0.964. The number of para-hydroxylation sites is 1. The van der Waals surface area contributed by atoms with Gasteiger partial charge in [0.25, 0.3) is 0 Å². The number of hydrogen-bond donors (Lipinski definition) is 1. The van der Waals surface area contributed by atoms with Gasteiger partial charge in [-0.15, -0.1) is 0 Å². The Hall–Kier alpha value is -3.78. The summed E-state index contributed by atoms with van der Waals surface area (Å²) in [6, 6.07) is 16.4. The molecule has 1 atom stereocenters. The molecule has 3 aromatic heterocycles. The van der Waals surface area contributed by atoms with Crippen LogP contribution in [0.4, 0.5) is 0 Å². The van der Waals surface area contributed by atoms with Crippen LogP contribution >= 0.6 is 0 Å². The number of benzene rings is 1. The summed E-state index contributed by atoms with van der Waals surface area (Å²) < 4.78 is 3.51. The molecule has 31 heavy (non-hydrogen) atoms. The van der Waals surface area contributed by atoms with Crippen molar-refractivity contribution in [3.05, 3.63) is 88.7 Å². The quantitative estimate of drug-likeness (QED) is 0.539. The number of imidazole rings is 1. The summed E-state index contributed by atoms with van der Waals surface area (Å²) in [6.07, 6.45) is 4.04. The van der Waals surface area contributed by atoms with E-state index in [1.165, 1.54) is 12.3 Å². The van der Waals surface area contributed by atoms with E-state index in [0.29, 0.717) is 24.4 Å². The van der Waals surface area contributed by atoms with E-state index in [-0.39, 0.29) is 17.3 Å². The van der Waals surface area contributed by atoms with Gasteiger partial charge in [0, 0.05) is 32.0 Å². The van der Waals surface area contributed by atoms with Crippen LogP contribution in [0.3, 0.4) is 0 Å². The predicted octanol–water partition coefficient (Wildman–Crippen LogP) is 2.73. The molecule has 156 valence electrons. The first kappa shape index (κ1) is 19.2. The van der Waals surface area contributed by atoms with Crippen LogP contribution in [0.5, 0.6) is 0 Å². The number of carboxylic acids is 1. The first-order valence-corrected chi connectivity index (χ1v) is 10.2. The maximum atomic E-state index is 13.5. The van der Waals surface area contributed by atoms with E-state index in [2.05, 4.69) is 14.9 Å². The molecule has 4 aromatic rings. The van der Waals surface area contributed by atoms with Gasteiger partial charge >= 0.3 is 11.7 Å². The first-order chi connectivity index (χ1) is 15.1. The second-order valence-corrected chi connectivity index (χ2v) is 7.69. The number of rotatable bonds is 5. The number of aromatic carboxylic acids is 1. The zero-order chi connectivity index (χ0) is 21.4. The molecule has 0 unspecified atom stereocenters. The maximum absolute atomic E-state index is 13.5. The molecule has 1 aliphatic heterocycles. The standard InChI is InChI=1S/C23H21N5O3/c29-22(30)16-8-11-24-17(13-16)14-26-12-9-19(15-26)28-21-20(7-4-10-25-21)27(23(28)31)18-5-2-1-3-6-18/h1-8,10-11,13,19H,9,12,14-15H2,(H,29,30)/t19-/m0/s1. The number of aromatic nitrogens is 4. The molecule has 1 saturated heterocycles. The van der Waals surface area contributed by atoms with Gasteiger partial charge in [0.1, 0.15) is 0 Å². The predicted molar refractivity (Wildman–Crippen MR) is 115 cm³/mol. The lowest BCUT2D eigenvalue weighted by atomic mass is 10.2. The Morgan fingerprint density at radius 1 is 1.06 bits per heavy atom. The van der Waals surface area contributed by atoms with Crippen LogP contribution in [0.25, 0.3) is 16.9 Å². The summed E-state index contributed by atoms with van der Waals surface area (Å²) in [5.41, 5.74) is 3.11. The van der Waals surface area contributed by atoms with Crippen LogP contribution in [0.2, 0.25) is 0 Å². The highest BCUT2D eigenvalue weighted by molar-refractivity contribution is 5.87. The Balaban J connectivity index is 1.46. The van der Waals surface area contributed by atoms with Crippen molar-refractivity contribution in [2.75, 3.05) is 13.1 Å². The molecule has 0 aliphatic carbocycles. The van der Waals surface area contributed by atoms with Crippen molar-refractivity contribution in [2.45, 2.75) is 19.0 Å². The molecule has 1 N–H and O–H groups in total. The second-order valence-electron chi connectivity index (χ2n) is 7.69. The Kier molecular flexibility index (Phi) is 4.83. The Morgan fingerprint density at radius 3 is 2.71 bits per heavy atom. The van der Waals surface area contributed by atoms with Crippen molar-refractivity contribution < 1.29 is 9.90 Å². The van der Waals surface area contributed by atoms with Crippen molar-refractivity contribution in [1.29, 1.82) is 0 Å². The number of fused-ring (bicyclic) bond motifs is 1. The lowest BCUT2D eigenvalue weighted by Gasteiger charge is -2.16. The van der Waals surface area contributed by atoms with Gasteiger partial charge < -0.3 is 5.11 Å². The average Bonchev–Trinajstić information content (AvgIpc) is 3.35. The molecule has 1 aromatic carbocycles. The fourth-order valence-corrected chi connectivity index (χ4v) is 4.30. The largest absolute Gasteiger partial charge is 0.478 e. The average molecular weight is 415 g/mol. The van der Waals surface area contributed by atoms with Crippen molar-refractivity contribution in [3.8, 4) is 5.69 Å². The zero-order valence-corrected chi connectivity index (χ0v) is 16.8. The number of carbonyl (C=O) groups is 1. The Labute approximate surface area is 178 Å². The minimum Gasteiger partial charge on any atom is -0.478 e. The van der Waals surface area contributed by atoms with Crippen LogP contribution in [0.15, 0.2) is 71.8 Å². The van der Waals surface area contributed by atoms with Crippen LogP contribution in [0, 0.1) is 0 Å². The van der Waals surface area contributed by atoms with Gasteiger partial charge in [-0.2, -0.15) is 0 Å². The van der Waals surface area contributed by atoms with Crippen LogP contribution in [-0.2, 0) is 6.54 Å². The first-order valence-electron chi connectivity index (χ1n) is 10.2. The van der Waals surface area contributed by atoms with Crippen molar-refractivity contribution in [2.24, 2.45) is 0 Å². The molecular weight excluding hydrogens is 394 g/mol. The van der Waals surface area contributed by atoms with Crippen molar-refractivity contribution >= 4 is 17.1 Å². The summed E-state index contributed by atoms with van der Waals surface area (Å²) in [5, 5.41) is 9.20. The fraction of sp³-hybridized carbons (Fsp3) is 0.217. The number of likely N-dealkylation sites (tertiary alicyclic amines) is 1. The molecule has 4 heterocycles. The minimum absolute atomic E-state index is 0.0162. The lowest BCUT2D eigenvalue weighted by Crippen LogP contribution is -2.29. The van der Waals surface area contributed by atoms with E-state index in [1.807, 2.05) is 42.5 Å². The van der Waals surface area contributed by atoms with E-state index < -0.39 is 5.97 Å². The highest BCUT2D eigenvalue weighted by Crippen LogP contribution is 2.26. The van der Waals surface area contributed by atoms with Crippen molar-refractivity contribution in [3.63, 3.8) is 0 Å². The van der Waals surface area contributed by atoms with Gasteiger partial charge in [0.15, 0.2) is 5.65 Å². The van der Waals surface area contributed by atoms with E-state index in [0.717, 1.165) is 24.2 Å². The highest BCUT2D eigenvalue weighted by atomic mass is 16.4.